The molecule has 0 aromatic carbocycles. The van der Waals surface area contributed by atoms with Gasteiger partial charge >= 0.3 is 0 Å². The molecule has 0 atom stereocenters. The van der Waals surface area contributed by atoms with E-state index in [0.29, 0.717) is 19.0 Å². The second kappa shape index (κ2) is 9.68. The van der Waals surface area contributed by atoms with Crippen molar-refractivity contribution >= 4 is 35.8 Å². The molecule has 0 radical (unpaired) electrons. The fraction of sp³-hybridized carbons (Fsp3) is 0.800. The van der Waals surface area contributed by atoms with E-state index < -0.39 is 0 Å². The number of carbonyl (C=O) groups is 1. The Labute approximate surface area is 115 Å². The molecule has 0 aliphatic rings. The van der Waals surface area contributed by atoms with Crippen molar-refractivity contribution in [3.63, 3.8) is 0 Å². The second-order valence-corrected chi connectivity index (χ2v) is 4.01. The molecule has 0 aromatic rings. The van der Waals surface area contributed by atoms with Gasteiger partial charge in [0.1, 0.15) is 0 Å². The van der Waals surface area contributed by atoms with Crippen LogP contribution in [-0.2, 0) is 4.79 Å². The van der Waals surface area contributed by atoms with E-state index in [1.807, 2.05) is 27.7 Å². The molecule has 0 heterocycles. The van der Waals surface area contributed by atoms with Gasteiger partial charge in [-0.05, 0) is 13.8 Å². The van der Waals surface area contributed by atoms with Gasteiger partial charge in [-0.2, -0.15) is 0 Å². The predicted molar refractivity (Wildman–Crippen MR) is 78.0 cm³/mol. The lowest BCUT2D eigenvalue weighted by molar-refractivity contribution is -0.123. The summed E-state index contributed by atoms with van der Waals surface area (Å²) < 4.78 is 0. The van der Waals surface area contributed by atoms with Crippen molar-refractivity contribution in [1.82, 2.24) is 10.6 Å². The summed E-state index contributed by atoms with van der Waals surface area (Å²) >= 11 is 0. The van der Waals surface area contributed by atoms with E-state index in [1.165, 1.54) is 0 Å². The number of nitrogens with zero attached hydrogens (tertiary/aromatic N) is 1. The molecule has 0 fully saturated rings. The molecule has 0 bridgehead atoms. The third-order valence-electron chi connectivity index (χ3n) is 1.65. The highest BCUT2D eigenvalue weighted by Gasteiger charge is 2.04. The molecule has 96 valence electrons. The number of carbonyl (C=O) groups excluding carboxylic acids is 1. The van der Waals surface area contributed by atoms with Gasteiger partial charge in [-0.15, -0.1) is 24.0 Å². The molecule has 6 heteroatoms. The lowest BCUT2D eigenvalue weighted by Gasteiger charge is -2.09. The van der Waals surface area contributed by atoms with Crippen LogP contribution in [0.2, 0.25) is 0 Å². The summed E-state index contributed by atoms with van der Waals surface area (Å²) in [4.78, 5) is 15.2. The summed E-state index contributed by atoms with van der Waals surface area (Å²) in [5, 5.41) is 5.73. The topological polar surface area (TPSA) is 79.5 Å². The van der Waals surface area contributed by atoms with E-state index >= 15 is 0 Å². The maximum atomic E-state index is 11.2. The third kappa shape index (κ3) is 10.0. The van der Waals surface area contributed by atoms with E-state index in [9.17, 15) is 4.79 Å². The quantitative estimate of drug-likeness (QED) is 0.298. The van der Waals surface area contributed by atoms with Gasteiger partial charge in [-0.25, -0.2) is 0 Å². The number of hydrogen-bond donors (Lipinski definition) is 3. The monoisotopic (exact) mass is 342 g/mol. The zero-order valence-electron chi connectivity index (χ0n) is 10.4. The maximum Gasteiger partial charge on any atom is 0.222 e. The number of guanidine groups is 1. The first-order chi connectivity index (χ1) is 6.93. The normalized spacial score (nSPS) is 11.2. The van der Waals surface area contributed by atoms with Crippen LogP contribution >= 0.6 is 24.0 Å². The number of hydrogen-bond acceptors (Lipinski definition) is 2. The Morgan fingerprint density at radius 1 is 1.31 bits per heavy atom. The van der Waals surface area contributed by atoms with Crippen LogP contribution < -0.4 is 16.4 Å². The first kappa shape index (κ1) is 17.9. The highest BCUT2D eigenvalue weighted by molar-refractivity contribution is 14.0. The Morgan fingerprint density at radius 3 is 2.31 bits per heavy atom. The van der Waals surface area contributed by atoms with Crippen LogP contribution in [0.3, 0.4) is 0 Å². The molecule has 0 aromatic heterocycles. The zero-order chi connectivity index (χ0) is 11.8. The summed E-state index contributed by atoms with van der Waals surface area (Å²) in [6, 6.07) is 0.277. The first-order valence-electron chi connectivity index (χ1n) is 5.27. The SMILES string of the molecule is CC(C)NC(N)=NCCNC(=O)C(C)C.I. The predicted octanol–water partition coefficient (Wildman–Crippen LogP) is 0.689. The molecule has 0 saturated heterocycles. The molecule has 0 aliphatic carbocycles. The van der Waals surface area contributed by atoms with Crippen LogP contribution in [0, 0.1) is 5.92 Å². The van der Waals surface area contributed by atoms with Gasteiger partial charge in [0, 0.05) is 18.5 Å². The molecule has 16 heavy (non-hydrogen) atoms. The molecule has 4 N–H and O–H groups in total. The van der Waals surface area contributed by atoms with Gasteiger partial charge in [-0.1, -0.05) is 13.8 Å². The van der Waals surface area contributed by atoms with E-state index in [-0.39, 0.29) is 41.8 Å². The second-order valence-electron chi connectivity index (χ2n) is 4.01. The highest BCUT2D eigenvalue weighted by atomic mass is 127. The lowest BCUT2D eigenvalue weighted by atomic mass is 10.2. The van der Waals surface area contributed by atoms with Crippen LogP contribution in [0.4, 0.5) is 0 Å². The van der Waals surface area contributed by atoms with Crippen LogP contribution in [0.5, 0.6) is 0 Å². The minimum Gasteiger partial charge on any atom is -0.370 e. The molecule has 5 nitrogen and oxygen atoms in total. The smallest absolute Gasteiger partial charge is 0.222 e. The van der Waals surface area contributed by atoms with E-state index in [0.717, 1.165) is 0 Å². The first-order valence-corrected chi connectivity index (χ1v) is 5.27. The molecule has 0 saturated carbocycles. The lowest BCUT2D eigenvalue weighted by Crippen LogP contribution is -2.37. The van der Waals surface area contributed by atoms with Crippen LogP contribution in [-0.4, -0.2) is 31.0 Å². The molecular weight excluding hydrogens is 319 g/mol. The van der Waals surface area contributed by atoms with Crippen LogP contribution in [0.1, 0.15) is 27.7 Å². The standard InChI is InChI=1S/C10H22N4O.HI/c1-7(2)9(15)12-5-6-13-10(11)14-8(3)4;/h7-8H,5-6H2,1-4H3,(H,12,15)(H3,11,13,14);1H. The highest BCUT2D eigenvalue weighted by Crippen LogP contribution is 1.89. The molecule has 0 unspecified atom stereocenters. The van der Waals surface area contributed by atoms with E-state index in [2.05, 4.69) is 15.6 Å². The Balaban J connectivity index is 0. The Morgan fingerprint density at radius 2 is 1.88 bits per heavy atom. The zero-order valence-corrected chi connectivity index (χ0v) is 12.7. The summed E-state index contributed by atoms with van der Waals surface area (Å²) in [6.07, 6.45) is 0. The summed E-state index contributed by atoms with van der Waals surface area (Å²) in [7, 11) is 0. The van der Waals surface area contributed by atoms with Crippen molar-refractivity contribution < 1.29 is 4.79 Å². The minimum atomic E-state index is 0. The number of nitrogens with one attached hydrogen (secondary N) is 2. The van der Waals surface area contributed by atoms with Gasteiger partial charge < -0.3 is 16.4 Å². The third-order valence-corrected chi connectivity index (χ3v) is 1.65. The van der Waals surface area contributed by atoms with Gasteiger partial charge in [0.25, 0.3) is 0 Å². The Hall–Kier alpha value is -0.530. The van der Waals surface area contributed by atoms with Gasteiger partial charge in [-0.3, -0.25) is 9.79 Å². The molecule has 0 rings (SSSR count). The molecule has 0 spiro atoms. The molecular formula is C10H23IN4O. The summed E-state index contributed by atoms with van der Waals surface area (Å²) in [6.45, 7) is 8.72. The average molecular weight is 342 g/mol. The van der Waals surface area contributed by atoms with Crippen LogP contribution in [0.25, 0.3) is 0 Å². The fourth-order valence-corrected chi connectivity index (χ4v) is 0.901. The number of rotatable bonds is 5. The number of halogens is 1. The van der Waals surface area contributed by atoms with Gasteiger partial charge in [0.2, 0.25) is 5.91 Å². The summed E-state index contributed by atoms with van der Waals surface area (Å²) in [5.41, 5.74) is 5.58. The van der Waals surface area contributed by atoms with Crippen molar-refractivity contribution in [2.45, 2.75) is 33.7 Å². The number of aliphatic imine (C=N–C) groups is 1. The van der Waals surface area contributed by atoms with Gasteiger partial charge in [0.05, 0.1) is 6.54 Å². The number of amides is 1. The fourth-order valence-electron chi connectivity index (χ4n) is 0.901. The Kier molecular flexibility index (Phi) is 10.8. The van der Waals surface area contributed by atoms with Crippen molar-refractivity contribution in [3.05, 3.63) is 0 Å². The largest absolute Gasteiger partial charge is 0.370 e. The Bertz CT molecular complexity index is 229. The van der Waals surface area contributed by atoms with Crippen molar-refractivity contribution in [3.8, 4) is 0 Å². The van der Waals surface area contributed by atoms with Crippen molar-refractivity contribution in [2.75, 3.05) is 13.1 Å². The van der Waals surface area contributed by atoms with Crippen molar-refractivity contribution in [1.29, 1.82) is 0 Å². The molecule has 1 amide bonds. The van der Waals surface area contributed by atoms with Gasteiger partial charge in [0.15, 0.2) is 5.96 Å². The van der Waals surface area contributed by atoms with E-state index in [4.69, 9.17) is 5.73 Å². The van der Waals surface area contributed by atoms with E-state index in [1.54, 1.807) is 0 Å². The maximum absolute atomic E-state index is 11.2. The molecule has 0 aliphatic heterocycles. The van der Waals surface area contributed by atoms with Crippen LogP contribution in [0.15, 0.2) is 4.99 Å². The minimum absolute atomic E-state index is 0. The summed E-state index contributed by atoms with van der Waals surface area (Å²) in [5.74, 6) is 0.476. The average Bonchev–Trinajstić information content (AvgIpc) is 2.10. The number of nitrogens with two attached hydrogens (primary N) is 1. The van der Waals surface area contributed by atoms with Crippen molar-refractivity contribution in [2.24, 2.45) is 16.6 Å².